The van der Waals surface area contributed by atoms with E-state index in [1.54, 1.807) is 0 Å². The Balaban J connectivity index is 2.49. The zero-order valence-electron chi connectivity index (χ0n) is 12.1. The van der Waals surface area contributed by atoms with Crippen molar-refractivity contribution in [2.75, 3.05) is 11.9 Å². The second-order valence-electron chi connectivity index (χ2n) is 5.06. The molecule has 2 rings (SSSR count). The van der Waals surface area contributed by atoms with Crippen LogP contribution in [-0.2, 0) is 0 Å². The van der Waals surface area contributed by atoms with Crippen LogP contribution in [0.15, 0.2) is 30.3 Å². The third-order valence-electron chi connectivity index (χ3n) is 2.97. The molecular formula is C16H21N3. The smallest absolute Gasteiger partial charge is 0.161 e. The molecule has 3 nitrogen and oxygen atoms in total. The van der Waals surface area contributed by atoms with Crippen LogP contribution < -0.4 is 5.32 Å². The Morgan fingerprint density at radius 2 is 1.95 bits per heavy atom. The van der Waals surface area contributed by atoms with Gasteiger partial charge < -0.3 is 5.32 Å². The molecule has 1 aromatic carbocycles. The largest absolute Gasteiger partial charge is 0.370 e. The highest BCUT2D eigenvalue weighted by molar-refractivity contribution is 5.58. The number of nitrogens with one attached hydrogen (secondary N) is 1. The molecule has 1 N–H and O–H groups in total. The quantitative estimate of drug-likeness (QED) is 0.897. The molecule has 0 amide bonds. The lowest BCUT2D eigenvalue weighted by Gasteiger charge is -2.11. The molecule has 0 atom stereocenters. The summed E-state index contributed by atoms with van der Waals surface area (Å²) >= 11 is 0. The first-order chi connectivity index (χ1) is 9.10. The van der Waals surface area contributed by atoms with E-state index in [-0.39, 0.29) is 0 Å². The number of anilines is 1. The fourth-order valence-corrected chi connectivity index (χ4v) is 1.95. The van der Waals surface area contributed by atoms with Gasteiger partial charge in [-0.25, -0.2) is 9.97 Å². The molecule has 3 heteroatoms. The molecule has 1 aromatic heterocycles. The second-order valence-corrected chi connectivity index (χ2v) is 5.06. The Hall–Kier alpha value is -1.90. The summed E-state index contributed by atoms with van der Waals surface area (Å²) in [5, 5.41) is 3.28. The van der Waals surface area contributed by atoms with Gasteiger partial charge in [0, 0.05) is 23.9 Å². The summed E-state index contributed by atoms with van der Waals surface area (Å²) < 4.78 is 0. The number of benzene rings is 1. The number of rotatable bonds is 4. The molecule has 100 valence electrons. The van der Waals surface area contributed by atoms with Crippen molar-refractivity contribution in [1.29, 1.82) is 0 Å². The second kappa shape index (κ2) is 5.83. The number of aryl methyl sites for hydroxylation is 1. The minimum Gasteiger partial charge on any atom is -0.370 e. The number of nitrogens with zero attached hydrogens (tertiary/aromatic N) is 2. The van der Waals surface area contributed by atoms with Gasteiger partial charge in [-0.2, -0.15) is 0 Å². The highest BCUT2D eigenvalue weighted by atomic mass is 15.0. The maximum absolute atomic E-state index is 4.68. The molecule has 0 saturated heterocycles. The van der Waals surface area contributed by atoms with Crippen LogP contribution in [0.2, 0.25) is 0 Å². The molecule has 1 heterocycles. The Morgan fingerprint density at radius 1 is 1.16 bits per heavy atom. The van der Waals surface area contributed by atoms with Crippen LogP contribution in [0, 0.1) is 6.92 Å². The van der Waals surface area contributed by atoms with Crippen LogP contribution >= 0.6 is 0 Å². The SMILES string of the molecule is CCNc1cc(C(C)C)nc(-c2cccc(C)c2)n1. The van der Waals surface area contributed by atoms with E-state index >= 15 is 0 Å². The molecule has 19 heavy (non-hydrogen) atoms. The zero-order valence-corrected chi connectivity index (χ0v) is 12.1. The summed E-state index contributed by atoms with van der Waals surface area (Å²) in [5.41, 5.74) is 3.37. The van der Waals surface area contributed by atoms with Crippen LogP contribution in [0.5, 0.6) is 0 Å². The highest BCUT2D eigenvalue weighted by Crippen LogP contribution is 2.22. The van der Waals surface area contributed by atoms with E-state index in [2.05, 4.69) is 61.2 Å². The van der Waals surface area contributed by atoms with Crippen molar-refractivity contribution in [2.24, 2.45) is 0 Å². The lowest BCUT2D eigenvalue weighted by Crippen LogP contribution is -2.05. The molecule has 0 aliphatic carbocycles. The summed E-state index contributed by atoms with van der Waals surface area (Å²) in [6, 6.07) is 10.3. The average Bonchev–Trinajstić information content (AvgIpc) is 2.38. The lowest BCUT2D eigenvalue weighted by atomic mass is 10.1. The van der Waals surface area contributed by atoms with E-state index in [0.717, 1.165) is 29.4 Å². The minimum absolute atomic E-state index is 0.393. The van der Waals surface area contributed by atoms with Crippen molar-refractivity contribution in [2.45, 2.75) is 33.6 Å². The van der Waals surface area contributed by atoms with Crippen LogP contribution in [0.3, 0.4) is 0 Å². The number of hydrogen-bond donors (Lipinski definition) is 1. The van der Waals surface area contributed by atoms with Crippen molar-refractivity contribution in [3.05, 3.63) is 41.6 Å². The summed E-state index contributed by atoms with van der Waals surface area (Å²) in [5.74, 6) is 2.09. The molecule has 0 aliphatic heterocycles. The Labute approximate surface area is 115 Å². The minimum atomic E-state index is 0.393. The Bertz CT molecular complexity index is 562. The molecule has 2 aromatic rings. The van der Waals surface area contributed by atoms with E-state index in [0.29, 0.717) is 5.92 Å². The fraction of sp³-hybridized carbons (Fsp3) is 0.375. The maximum Gasteiger partial charge on any atom is 0.161 e. The first-order valence-corrected chi connectivity index (χ1v) is 6.80. The van der Waals surface area contributed by atoms with Gasteiger partial charge in [-0.15, -0.1) is 0 Å². The Kier molecular flexibility index (Phi) is 4.15. The van der Waals surface area contributed by atoms with E-state index in [4.69, 9.17) is 0 Å². The maximum atomic E-state index is 4.68. The first kappa shape index (κ1) is 13.5. The van der Waals surface area contributed by atoms with Gasteiger partial charge in [-0.05, 0) is 25.8 Å². The average molecular weight is 255 g/mol. The summed E-state index contributed by atoms with van der Waals surface area (Å²) in [4.78, 5) is 9.27. The molecule has 0 radical (unpaired) electrons. The van der Waals surface area contributed by atoms with Crippen LogP contribution in [0.1, 0.15) is 37.9 Å². The van der Waals surface area contributed by atoms with Crippen molar-refractivity contribution in [1.82, 2.24) is 9.97 Å². The standard InChI is InChI=1S/C16H21N3/c1-5-17-15-10-14(11(2)3)18-16(19-15)13-8-6-7-12(4)9-13/h6-11H,5H2,1-4H3,(H,17,18,19). The lowest BCUT2D eigenvalue weighted by molar-refractivity contribution is 0.817. The van der Waals surface area contributed by atoms with Crippen LogP contribution in [0.4, 0.5) is 5.82 Å². The molecular weight excluding hydrogens is 234 g/mol. The highest BCUT2D eigenvalue weighted by Gasteiger charge is 2.09. The van der Waals surface area contributed by atoms with E-state index in [9.17, 15) is 0 Å². The third kappa shape index (κ3) is 3.31. The third-order valence-corrected chi connectivity index (χ3v) is 2.97. The van der Waals surface area contributed by atoms with Crippen molar-refractivity contribution >= 4 is 5.82 Å². The monoisotopic (exact) mass is 255 g/mol. The van der Waals surface area contributed by atoms with E-state index in [1.165, 1.54) is 5.56 Å². The van der Waals surface area contributed by atoms with Gasteiger partial charge in [0.25, 0.3) is 0 Å². The zero-order chi connectivity index (χ0) is 13.8. The van der Waals surface area contributed by atoms with Crippen LogP contribution in [-0.4, -0.2) is 16.5 Å². The summed E-state index contributed by atoms with van der Waals surface area (Å²) in [6.45, 7) is 9.32. The van der Waals surface area contributed by atoms with Gasteiger partial charge in [0.15, 0.2) is 5.82 Å². The molecule has 0 fully saturated rings. The Morgan fingerprint density at radius 3 is 2.58 bits per heavy atom. The molecule has 0 aliphatic rings. The molecule has 0 saturated carbocycles. The van der Waals surface area contributed by atoms with Crippen molar-refractivity contribution in [3.8, 4) is 11.4 Å². The fourth-order valence-electron chi connectivity index (χ4n) is 1.95. The van der Waals surface area contributed by atoms with Gasteiger partial charge in [-0.1, -0.05) is 37.6 Å². The van der Waals surface area contributed by atoms with Crippen LogP contribution in [0.25, 0.3) is 11.4 Å². The van der Waals surface area contributed by atoms with Crippen molar-refractivity contribution < 1.29 is 0 Å². The predicted molar refractivity (Wildman–Crippen MR) is 80.5 cm³/mol. The van der Waals surface area contributed by atoms with Gasteiger partial charge in [0.1, 0.15) is 5.82 Å². The van der Waals surface area contributed by atoms with Gasteiger partial charge in [-0.3, -0.25) is 0 Å². The number of hydrogen-bond acceptors (Lipinski definition) is 3. The van der Waals surface area contributed by atoms with Gasteiger partial charge in [0.05, 0.1) is 0 Å². The normalized spacial score (nSPS) is 10.8. The summed E-state index contributed by atoms with van der Waals surface area (Å²) in [6.07, 6.45) is 0. The van der Waals surface area contributed by atoms with Gasteiger partial charge >= 0.3 is 0 Å². The number of aromatic nitrogens is 2. The predicted octanol–water partition coefficient (Wildman–Crippen LogP) is 4.01. The molecule has 0 bridgehead atoms. The molecule has 0 spiro atoms. The van der Waals surface area contributed by atoms with E-state index in [1.807, 2.05) is 12.1 Å². The topological polar surface area (TPSA) is 37.8 Å². The van der Waals surface area contributed by atoms with E-state index < -0.39 is 0 Å². The first-order valence-electron chi connectivity index (χ1n) is 6.80. The molecule has 0 unspecified atom stereocenters. The van der Waals surface area contributed by atoms with Gasteiger partial charge in [0.2, 0.25) is 0 Å². The summed E-state index contributed by atoms with van der Waals surface area (Å²) in [7, 11) is 0. The van der Waals surface area contributed by atoms with Crippen molar-refractivity contribution in [3.63, 3.8) is 0 Å².